The lowest BCUT2D eigenvalue weighted by atomic mass is 9.99. The maximum absolute atomic E-state index is 13.8. The van der Waals surface area contributed by atoms with Gasteiger partial charge in [-0.2, -0.15) is 0 Å². The summed E-state index contributed by atoms with van der Waals surface area (Å²) in [7, 11) is 1.51. The minimum atomic E-state index is -0.456. The van der Waals surface area contributed by atoms with Crippen molar-refractivity contribution in [2.75, 3.05) is 7.11 Å². The highest BCUT2D eigenvalue weighted by atomic mass is 19.1. The number of hydrogen-bond donors (Lipinski definition) is 1. The van der Waals surface area contributed by atoms with Crippen molar-refractivity contribution in [3.63, 3.8) is 0 Å². The highest BCUT2D eigenvalue weighted by Crippen LogP contribution is 2.24. The van der Waals surface area contributed by atoms with E-state index >= 15 is 0 Å². The fourth-order valence-electron chi connectivity index (χ4n) is 1.73. The summed E-state index contributed by atoms with van der Waals surface area (Å²) in [6.07, 6.45) is 0. The minimum Gasteiger partial charge on any atom is -0.497 e. The zero-order valence-corrected chi connectivity index (χ0v) is 9.56. The molecule has 3 heteroatoms. The molecule has 0 fully saturated rings. The van der Waals surface area contributed by atoms with Crippen molar-refractivity contribution in [3.8, 4) is 5.75 Å². The van der Waals surface area contributed by atoms with Crippen LogP contribution in [0.1, 0.15) is 17.2 Å². The fourth-order valence-corrected chi connectivity index (χ4v) is 1.73. The summed E-state index contributed by atoms with van der Waals surface area (Å²) >= 11 is 0. The fraction of sp³-hybridized carbons (Fsp3) is 0.143. The third kappa shape index (κ3) is 2.45. The van der Waals surface area contributed by atoms with Gasteiger partial charge in [0.15, 0.2) is 0 Å². The maximum Gasteiger partial charge on any atom is 0.132 e. The van der Waals surface area contributed by atoms with Crippen LogP contribution in [0.4, 0.5) is 4.39 Å². The van der Waals surface area contributed by atoms with E-state index in [0.29, 0.717) is 11.3 Å². The first-order chi connectivity index (χ1) is 8.22. The SMILES string of the molecule is COc1ccc(C(N)c2ccccc2)c(F)c1. The normalized spacial score (nSPS) is 12.2. The number of hydrogen-bond acceptors (Lipinski definition) is 2. The van der Waals surface area contributed by atoms with E-state index in [0.717, 1.165) is 5.56 Å². The van der Waals surface area contributed by atoms with Crippen LogP contribution in [0.25, 0.3) is 0 Å². The van der Waals surface area contributed by atoms with Crippen LogP contribution in [0.5, 0.6) is 5.75 Å². The lowest BCUT2D eigenvalue weighted by Crippen LogP contribution is -2.13. The molecule has 0 aliphatic heterocycles. The van der Waals surface area contributed by atoms with Crippen molar-refractivity contribution in [2.45, 2.75) is 6.04 Å². The number of halogens is 1. The van der Waals surface area contributed by atoms with Crippen molar-refractivity contribution in [1.29, 1.82) is 0 Å². The summed E-state index contributed by atoms with van der Waals surface area (Å²) in [5.74, 6) is 0.146. The van der Waals surface area contributed by atoms with Gasteiger partial charge in [-0.3, -0.25) is 0 Å². The molecule has 0 aliphatic rings. The second-order valence-electron chi connectivity index (χ2n) is 3.78. The number of nitrogens with two attached hydrogens (primary N) is 1. The first-order valence-electron chi connectivity index (χ1n) is 5.36. The second kappa shape index (κ2) is 4.97. The van der Waals surface area contributed by atoms with Crippen LogP contribution in [0.2, 0.25) is 0 Å². The van der Waals surface area contributed by atoms with Crippen molar-refractivity contribution in [1.82, 2.24) is 0 Å². The zero-order valence-electron chi connectivity index (χ0n) is 9.56. The number of ether oxygens (including phenoxy) is 1. The minimum absolute atomic E-state index is 0.347. The number of methoxy groups -OCH3 is 1. The first-order valence-corrected chi connectivity index (χ1v) is 5.36. The molecule has 88 valence electrons. The van der Waals surface area contributed by atoms with Gasteiger partial charge in [-0.1, -0.05) is 36.4 Å². The molecule has 1 atom stereocenters. The topological polar surface area (TPSA) is 35.2 Å². The summed E-state index contributed by atoms with van der Waals surface area (Å²) in [4.78, 5) is 0. The summed E-state index contributed by atoms with van der Waals surface area (Å²) in [5.41, 5.74) is 7.38. The Kier molecular flexibility index (Phi) is 3.40. The van der Waals surface area contributed by atoms with E-state index in [-0.39, 0.29) is 5.82 Å². The molecule has 2 aromatic rings. The van der Waals surface area contributed by atoms with Gasteiger partial charge in [0.2, 0.25) is 0 Å². The Morgan fingerprint density at radius 3 is 2.41 bits per heavy atom. The molecule has 2 nitrogen and oxygen atoms in total. The Morgan fingerprint density at radius 1 is 1.12 bits per heavy atom. The van der Waals surface area contributed by atoms with Gasteiger partial charge < -0.3 is 10.5 Å². The molecular weight excluding hydrogens is 217 g/mol. The van der Waals surface area contributed by atoms with Gasteiger partial charge in [0.25, 0.3) is 0 Å². The molecule has 1 unspecified atom stereocenters. The molecule has 17 heavy (non-hydrogen) atoms. The largest absolute Gasteiger partial charge is 0.497 e. The van der Waals surface area contributed by atoms with Crippen LogP contribution in [0.3, 0.4) is 0 Å². The van der Waals surface area contributed by atoms with Crippen LogP contribution >= 0.6 is 0 Å². The molecular formula is C14H14FNO. The molecule has 0 radical (unpaired) electrons. The molecule has 0 saturated carbocycles. The Labute approximate surface area is 99.8 Å². The van der Waals surface area contributed by atoms with E-state index in [2.05, 4.69) is 0 Å². The van der Waals surface area contributed by atoms with E-state index in [9.17, 15) is 4.39 Å². The Morgan fingerprint density at radius 2 is 1.82 bits per heavy atom. The van der Waals surface area contributed by atoms with E-state index in [1.165, 1.54) is 13.2 Å². The Hall–Kier alpha value is -1.87. The molecule has 0 heterocycles. The van der Waals surface area contributed by atoms with Gasteiger partial charge in [-0.15, -0.1) is 0 Å². The average molecular weight is 231 g/mol. The molecule has 2 rings (SSSR count). The predicted molar refractivity (Wildman–Crippen MR) is 65.4 cm³/mol. The Bertz CT molecular complexity index is 499. The first kappa shape index (κ1) is 11.6. The quantitative estimate of drug-likeness (QED) is 0.881. The van der Waals surface area contributed by atoms with E-state index in [4.69, 9.17) is 10.5 Å². The Balaban J connectivity index is 2.34. The third-order valence-corrected chi connectivity index (χ3v) is 2.70. The van der Waals surface area contributed by atoms with Crippen molar-refractivity contribution < 1.29 is 9.13 Å². The van der Waals surface area contributed by atoms with Crippen LogP contribution < -0.4 is 10.5 Å². The van der Waals surface area contributed by atoms with Crippen LogP contribution in [-0.4, -0.2) is 7.11 Å². The van der Waals surface area contributed by atoms with Gasteiger partial charge in [-0.05, 0) is 11.6 Å². The average Bonchev–Trinajstić information content (AvgIpc) is 2.39. The summed E-state index contributed by atoms with van der Waals surface area (Å²) in [6, 6.07) is 13.7. The van der Waals surface area contributed by atoms with Crippen LogP contribution in [0.15, 0.2) is 48.5 Å². The lowest BCUT2D eigenvalue weighted by molar-refractivity contribution is 0.410. The van der Waals surface area contributed by atoms with Crippen molar-refractivity contribution >= 4 is 0 Å². The monoisotopic (exact) mass is 231 g/mol. The van der Waals surface area contributed by atoms with E-state index < -0.39 is 6.04 Å². The molecule has 2 aromatic carbocycles. The highest BCUT2D eigenvalue weighted by Gasteiger charge is 2.13. The molecule has 0 aliphatic carbocycles. The lowest BCUT2D eigenvalue weighted by Gasteiger charge is -2.14. The van der Waals surface area contributed by atoms with Crippen molar-refractivity contribution in [2.24, 2.45) is 5.73 Å². The molecule has 0 saturated heterocycles. The third-order valence-electron chi connectivity index (χ3n) is 2.70. The maximum atomic E-state index is 13.8. The number of benzene rings is 2. The molecule has 0 amide bonds. The van der Waals surface area contributed by atoms with Gasteiger partial charge in [-0.25, -0.2) is 4.39 Å². The van der Waals surface area contributed by atoms with E-state index in [1.54, 1.807) is 12.1 Å². The smallest absolute Gasteiger partial charge is 0.132 e. The zero-order chi connectivity index (χ0) is 12.3. The molecule has 2 N–H and O–H groups in total. The van der Waals surface area contributed by atoms with Gasteiger partial charge in [0.1, 0.15) is 11.6 Å². The standard InChI is InChI=1S/C14H14FNO/c1-17-11-7-8-12(13(15)9-11)14(16)10-5-3-2-4-6-10/h2-9,14H,16H2,1H3. The molecule has 0 bridgehead atoms. The van der Waals surface area contributed by atoms with Crippen molar-refractivity contribution in [3.05, 3.63) is 65.5 Å². The summed E-state index contributed by atoms with van der Waals surface area (Å²) in [6.45, 7) is 0. The van der Waals surface area contributed by atoms with Crippen LogP contribution in [0, 0.1) is 5.82 Å². The van der Waals surface area contributed by atoms with Gasteiger partial charge in [0, 0.05) is 11.6 Å². The van der Waals surface area contributed by atoms with Gasteiger partial charge >= 0.3 is 0 Å². The molecule has 0 spiro atoms. The number of rotatable bonds is 3. The van der Waals surface area contributed by atoms with Crippen LogP contribution in [-0.2, 0) is 0 Å². The summed E-state index contributed by atoms with van der Waals surface area (Å²) in [5, 5.41) is 0. The summed E-state index contributed by atoms with van der Waals surface area (Å²) < 4.78 is 18.8. The van der Waals surface area contributed by atoms with E-state index in [1.807, 2.05) is 30.3 Å². The predicted octanol–water partition coefficient (Wildman–Crippen LogP) is 2.88. The molecule has 0 aromatic heterocycles. The van der Waals surface area contributed by atoms with Gasteiger partial charge in [0.05, 0.1) is 13.2 Å². The highest BCUT2D eigenvalue weighted by molar-refractivity contribution is 5.36. The second-order valence-corrected chi connectivity index (χ2v) is 3.78.